The predicted molar refractivity (Wildman–Crippen MR) is 69.9 cm³/mol. The highest BCUT2D eigenvalue weighted by atomic mass is 16.3. The lowest BCUT2D eigenvalue weighted by Gasteiger charge is -2.24. The molecule has 0 N–H and O–H groups in total. The van der Waals surface area contributed by atoms with Crippen molar-refractivity contribution in [1.29, 1.82) is 0 Å². The molecule has 1 unspecified atom stereocenters. The average Bonchev–Trinajstić information content (AvgIpc) is 2.83. The summed E-state index contributed by atoms with van der Waals surface area (Å²) in [5, 5.41) is 0. The number of hydrogen-bond donors (Lipinski definition) is 0. The van der Waals surface area contributed by atoms with E-state index in [1.807, 2.05) is 12.1 Å². The van der Waals surface area contributed by atoms with Crippen LogP contribution in [0.5, 0.6) is 0 Å². The van der Waals surface area contributed by atoms with Crippen LogP contribution in [-0.2, 0) is 6.42 Å². The van der Waals surface area contributed by atoms with E-state index in [1.54, 1.807) is 6.26 Å². The zero-order valence-corrected chi connectivity index (χ0v) is 10.5. The van der Waals surface area contributed by atoms with Crippen LogP contribution in [0.2, 0.25) is 0 Å². The minimum atomic E-state index is 0.446. The first-order valence-corrected chi connectivity index (χ1v) is 6.01. The van der Waals surface area contributed by atoms with Gasteiger partial charge >= 0.3 is 0 Å². The minimum absolute atomic E-state index is 0.446. The third kappa shape index (κ3) is 3.21. The molecule has 1 atom stereocenters. The Morgan fingerprint density at radius 3 is 2.41 bits per heavy atom. The van der Waals surface area contributed by atoms with Crippen molar-refractivity contribution in [2.75, 3.05) is 14.1 Å². The van der Waals surface area contributed by atoms with Gasteiger partial charge in [-0.25, -0.2) is 0 Å². The first-order chi connectivity index (χ1) is 8.27. The highest BCUT2D eigenvalue weighted by Gasteiger charge is 2.14. The third-order valence-corrected chi connectivity index (χ3v) is 3.05. The number of furan rings is 1. The molecule has 2 heteroatoms. The standard InChI is InChI=1S/C15H19NO/c1-16(2)15(13-7-4-3-5-8-13)11-10-14-9-6-12-17-14/h3-9,12,15H,10-11H2,1-2H3. The number of nitrogens with zero attached hydrogens (tertiary/aromatic N) is 1. The van der Waals surface area contributed by atoms with Gasteiger partial charge in [0, 0.05) is 12.5 Å². The van der Waals surface area contributed by atoms with Crippen molar-refractivity contribution >= 4 is 0 Å². The van der Waals surface area contributed by atoms with E-state index >= 15 is 0 Å². The van der Waals surface area contributed by atoms with Crippen LogP contribution in [0, 0.1) is 0 Å². The Hall–Kier alpha value is -1.54. The van der Waals surface area contributed by atoms with E-state index in [4.69, 9.17) is 4.42 Å². The molecular weight excluding hydrogens is 210 g/mol. The van der Waals surface area contributed by atoms with E-state index in [0.717, 1.165) is 18.6 Å². The van der Waals surface area contributed by atoms with Crippen molar-refractivity contribution in [3.05, 3.63) is 60.1 Å². The van der Waals surface area contributed by atoms with Crippen LogP contribution in [0.4, 0.5) is 0 Å². The minimum Gasteiger partial charge on any atom is -0.469 e. The normalized spacial score (nSPS) is 12.9. The maximum atomic E-state index is 5.38. The quantitative estimate of drug-likeness (QED) is 0.780. The van der Waals surface area contributed by atoms with Crippen LogP contribution >= 0.6 is 0 Å². The van der Waals surface area contributed by atoms with Crippen LogP contribution in [0.25, 0.3) is 0 Å². The first-order valence-electron chi connectivity index (χ1n) is 6.01. The monoisotopic (exact) mass is 229 g/mol. The van der Waals surface area contributed by atoms with Crippen molar-refractivity contribution < 1.29 is 4.42 Å². The highest BCUT2D eigenvalue weighted by molar-refractivity contribution is 5.19. The van der Waals surface area contributed by atoms with Crippen molar-refractivity contribution in [2.24, 2.45) is 0 Å². The molecule has 0 radical (unpaired) electrons. The topological polar surface area (TPSA) is 16.4 Å². The molecule has 1 heterocycles. The summed E-state index contributed by atoms with van der Waals surface area (Å²) < 4.78 is 5.38. The van der Waals surface area contributed by atoms with Crippen LogP contribution in [0.3, 0.4) is 0 Å². The largest absolute Gasteiger partial charge is 0.469 e. The summed E-state index contributed by atoms with van der Waals surface area (Å²) in [6.07, 6.45) is 3.79. The Balaban J connectivity index is 2.03. The molecule has 0 aliphatic carbocycles. The zero-order valence-electron chi connectivity index (χ0n) is 10.5. The molecule has 17 heavy (non-hydrogen) atoms. The predicted octanol–water partition coefficient (Wildman–Crippen LogP) is 3.52. The van der Waals surface area contributed by atoms with Gasteiger partial charge < -0.3 is 9.32 Å². The molecule has 2 aromatic rings. The van der Waals surface area contributed by atoms with Gasteiger partial charge in [-0.15, -0.1) is 0 Å². The van der Waals surface area contributed by atoms with Gasteiger partial charge in [-0.05, 0) is 38.2 Å². The van der Waals surface area contributed by atoms with Gasteiger partial charge in [0.05, 0.1) is 6.26 Å². The average molecular weight is 229 g/mol. The van der Waals surface area contributed by atoms with Gasteiger partial charge in [0.2, 0.25) is 0 Å². The second kappa shape index (κ2) is 5.69. The fourth-order valence-corrected chi connectivity index (χ4v) is 2.13. The molecule has 0 aliphatic rings. The smallest absolute Gasteiger partial charge is 0.103 e. The molecule has 0 amide bonds. The number of rotatable bonds is 5. The summed E-state index contributed by atoms with van der Waals surface area (Å²) in [6.45, 7) is 0. The molecule has 0 bridgehead atoms. The van der Waals surface area contributed by atoms with Crippen molar-refractivity contribution in [3.63, 3.8) is 0 Å². The Bertz CT molecular complexity index is 419. The molecule has 0 aliphatic heterocycles. The molecule has 2 rings (SSSR count). The fourth-order valence-electron chi connectivity index (χ4n) is 2.13. The van der Waals surface area contributed by atoms with Crippen LogP contribution < -0.4 is 0 Å². The van der Waals surface area contributed by atoms with Crippen molar-refractivity contribution in [3.8, 4) is 0 Å². The fraction of sp³-hybridized carbons (Fsp3) is 0.333. The second-order valence-electron chi connectivity index (χ2n) is 4.51. The van der Waals surface area contributed by atoms with E-state index in [9.17, 15) is 0 Å². The Labute approximate surface area is 103 Å². The number of hydrogen-bond acceptors (Lipinski definition) is 2. The summed E-state index contributed by atoms with van der Waals surface area (Å²) >= 11 is 0. The Morgan fingerprint density at radius 1 is 1.06 bits per heavy atom. The van der Waals surface area contributed by atoms with E-state index in [0.29, 0.717) is 6.04 Å². The molecule has 0 fully saturated rings. The number of benzene rings is 1. The van der Waals surface area contributed by atoms with E-state index < -0.39 is 0 Å². The van der Waals surface area contributed by atoms with Crippen LogP contribution in [0.1, 0.15) is 23.8 Å². The number of aryl methyl sites for hydroxylation is 1. The van der Waals surface area contributed by atoms with Crippen molar-refractivity contribution in [2.45, 2.75) is 18.9 Å². The Morgan fingerprint density at radius 2 is 1.82 bits per heavy atom. The van der Waals surface area contributed by atoms with E-state index in [1.165, 1.54) is 5.56 Å². The van der Waals surface area contributed by atoms with Gasteiger partial charge in [-0.2, -0.15) is 0 Å². The Kier molecular flexibility index (Phi) is 3.99. The molecule has 2 nitrogen and oxygen atoms in total. The van der Waals surface area contributed by atoms with Crippen LogP contribution in [0.15, 0.2) is 53.1 Å². The summed E-state index contributed by atoms with van der Waals surface area (Å²) in [5.74, 6) is 1.06. The van der Waals surface area contributed by atoms with Crippen molar-refractivity contribution in [1.82, 2.24) is 4.90 Å². The summed E-state index contributed by atoms with van der Waals surface area (Å²) in [6, 6.07) is 15.1. The summed E-state index contributed by atoms with van der Waals surface area (Å²) in [7, 11) is 4.25. The summed E-state index contributed by atoms with van der Waals surface area (Å²) in [5.41, 5.74) is 1.36. The SMILES string of the molecule is CN(C)C(CCc1ccco1)c1ccccc1. The lowest BCUT2D eigenvalue weighted by atomic mass is 10.0. The van der Waals surface area contributed by atoms with Gasteiger partial charge in [-0.3, -0.25) is 0 Å². The van der Waals surface area contributed by atoms with E-state index in [-0.39, 0.29) is 0 Å². The highest BCUT2D eigenvalue weighted by Crippen LogP contribution is 2.23. The van der Waals surface area contributed by atoms with Crippen LogP contribution in [-0.4, -0.2) is 19.0 Å². The molecular formula is C15H19NO. The molecule has 0 spiro atoms. The maximum absolute atomic E-state index is 5.38. The molecule has 1 aromatic heterocycles. The lowest BCUT2D eigenvalue weighted by Crippen LogP contribution is -2.20. The van der Waals surface area contributed by atoms with Gasteiger partial charge in [-0.1, -0.05) is 30.3 Å². The van der Waals surface area contributed by atoms with Gasteiger partial charge in [0.25, 0.3) is 0 Å². The molecule has 0 saturated carbocycles. The molecule has 1 aromatic carbocycles. The second-order valence-corrected chi connectivity index (χ2v) is 4.51. The molecule has 0 saturated heterocycles. The van der Waals surface area contributed by atoms with Gasteiger partial charge in [0.1, 0.15) is 5.76 Å². The first kappa shape index (κ1) is 11.9. The molecule has 90 valence electrons. The summed E-state index contributed by atoms with van der Waals surface area (Å²) in [4.78, 5) is 2.26. The zero-order chi connectivity index (χ0) is 12.1. The van der Waals surface area contributed by atoms with Gasteiger partial charge in [0.15, 0.2) is 0 Å². The third-order valence-electron chi connectivity index (χ3n) is 3.05. The maximum Gasteiger partial charge on any atom is 0.103 e. The lowest BCUT2D eigenvalue weighted by molar-refractivity contribution is 0.279. The van der Waals surface area contributed by atoms with E-state index in [2.05, 4.69) is 49.3 Å².